The predicted molar refractivity (Wildman–Crippen MR) is 101 cm³/mol. The summed E-state index contributed by atoms with van der Waals surface area (Å²) < 4.78 is 31.8. The van der Waals surface area contributed by atoms with Crippen molar-refractivity contribution < 1.29 is 18.3 Å². The van der Waals surface area contributed by atoms with Gasteiger partial charge in [-0.1, -0.05) is 19.3 Å². The Morgan fingerprint density at radius 2 is 1.89 bits per heavy atom. The molecule has 27 heavy (non-hydrogen) atoms. The Bertz CT molecular complexity index is 644. The van der Waals surface area contributed by atoms with E-state index < -0.39 is 17.7 Å². The normalized spacial score (nSPS) is 21.6. The highest BCUT2D eigenvalue weighted by Crippen LogP contribution is 2.34. The molecule has 0 radical (unpaired) electrons. The highest BCUT2D eigenvalue weighted by Gasteiger charge is 2.38. The molecular weight excluding hydrogens is 352 g/mol. The van der Waals surface area contributed by atoms with Crippen molar-refractivity contribution in [3.8, 4) is 0 Å². The minimum atomic E-state index is -0.970. The van der Waals surface area contributed by atoms with Gasteiger partial charge in [-0.2, -0.15) is 0 Å². The molecule has 2 fully saturated rings. The van der Waals surface area contributed by atoms with Gasteiger partial charge in [-0.25, -0.2) is 8.78 Å². The van der Waals surface area contributed by atoms with Crippen molar-refractivity contribution in [3.63, 3.8) is 0 Å². The average molecular weight is 381 g/mol. The number of hydrogen-bond acceptors (Lipinski definition) is 4. The van der Waals surface area contributed by atoms with Crippen LogP contribution < -0.4 is 10.6 Å². The van der Waals surface area contributed by atoms with Crippen LogP contribution in [0, 0.1) is 11.6 Å². The maximum atomic E-state index is 13.3. The van der Waals surface area contributed by atoms with Gasteiger partial charge in [0.1, 0.15) is 0 Å². The Labute approximate surface area is 159 Å². The first kappa shape index (κ1) is 20.2. The quantitative estimate of drug-likeness (QED) is 0.796. The monoisotopic (exact) mass is 381 g/mol. The molecule has 0 aromatic heterocycles. The van der Waals surface area contributed by atoms with Crippen molar-refractivity contribution in [2.75, 3.05) is 38.2 Å². The molecule has 2 aliphatic rings. The van der Waals surface area contributed by atoms with Crippen LogP contribution in [0.15, 0.2) is 18.2 Å². The number of halogens is 2. The molecular formula is C20H29F2N3O2. The van der Waals surface area contributed by atoms with E-state index in [1.54, 1.807) is 6.92 Å². The third-order valence-corrected chi connectivity index (χ3v) is 5.78. The van der Waals surface area contributed by atoms with Gasteiger partial charge in [-0.3, -0.25) is 9.69 Å². The van der Waals surface area contributed by atoms with Crippen LogP contribution >= 0.6 is 0 Å². The molecule has 1 unspecified atom stereocenters. The van der Waals surface area contributed by atoms with Gasteiger partial charge in [0, 0.05) is 36.9 Å². The van der Waals surface area contributed by atoms with E-state index in [4.69, 9.17) is 4.74 Å². The van der Waals surface area contributed by atoms with Crippen molar-refractivity contribution in [2.45, 2.75) is 50.6 Å². The third kappa shape index (κ3) is 5.03. The molecule has 1 aliphatic heterocycles. The van der Waals surface area contributed by atoms with Gasteiger partial charge in [0.2, 0.25) is 5.91 Å². The van der Waals surface area contributed by atoms with Crippen LogP contribution in [0.4, 0.5) is 14.5 Å². The van der Waals surface area contributed by atoms with Gasteiger partial charge in [0.05, 0.1) is 19.3 Å². The minimum Gasteiger partial charge on any atom is -0.379 e. The topological polar surface area (TPSA) is 53.6 Å². The Morgan fingerprint density at radius 1 is 1.19 bits per heavy atom. The number of carbonyl (C=O) groups excluding carboxylic acids is 1. The Balaban J connectivity index is 1.58. The molecule has 1 aromatic rings. The van der Waals surface area contributed by atoms with Crippen molar-refractivity contribution in [1.82, 2.24) is 10.2 Å². The molecule has 1 saturated heterocycles. The minimum absolute atomic E-state index is 0.0680. The maximum absolute atomic E-state index is 13.3. The smallest absolute Gasteiger partial charge is 0.241 e. The van der Waals surface area contributed by atoms with E-state index in [9.17, 15) is 13.6 Å². The fourth-order valence-corrected chi connectivity index (χ4v) is 4.11. The van der Waals surface area contributed by atoms with Gasteiger partial charge in [-0.15, -0.1) is 0 Å². The molecule has 1 atom stereocenters. The van der Waals surface area contributed by atoms with Gasteiger partial charge >= 0.3 is 0 Å². The molecule has 0 spiro atoms. The van der Waals surface area contributed by atoms with E-state index in [1.807, 2.05) is 0 Å². The lowest BCUT2D eigenvalue weighted by Crippen LogP contribution is -2.60. The van der Waals surface area contributed by atoms with E-state index in [0.29, 0.717) is 0 Å². The number of morpholine rings is 1. The molecule has 1 amide bonds. The van der Waals surface area contributed by atoms with Crippen LogP contribution in [-0.4, -0.2) is 55.2 Å². The summed E-state index contributed by atoms with van der Waals surface area (Å²) in [7, 11) is 0. The zero-order valence-electron chi connectivity index (χ0n) is 15.9. The van der Waals surface area contributed by atoms with E-state index >= 15 is 0 Å². The second kappa shape index (κ2) is 9.08. The lowest BCUT2D eigenvalue weighted by atomic mass is 9.79. The summed E-state index contributed by atoms with van der Waals surface area (Å²) >= 11 is 0. The van der Waals surface area contributed by atoms with Crippen LogP contribution in [0.5, 0.6) is 0 Å². The first-order valence-corrected chi connectivity index (χ1v) is 9.82. The lowest BCUT2D eigenvalue weighted by Gasteiger charge is -2.48. The Kier molecular flexibility index (Phi) is 6.78. The molecule has 7 heteroatoms. The average Bonchev–Trinajstić information content (AvgIpc) is 2.70. The van der Waals surface area contributed by atoms with Gasteiger partial charge in [0.15, 0.2) is 11.6 Å². The summed E-state index contributed by atoms with van der Waals surface area (Å²) in [6.45, 7) is 5.90. The highest BCUT2D eigenvalue weighted by molar-refractivity contribution is 5.94. The summed E-state index contributed by atoms with van der Waals surface area (Å²) in [5.41, 5.74) is 0.326. The molecule has 1 aromatic carbocycles. The molecule has 1 heterocycles. The zero-order valence-corrected chi connectivity index (χ0v) is 15.9. The highest BCUT2D eigenvalue weighted by atomic mass is 19.2. The number of nitrogens with zero attached hydrogens (tertiary/aromatic N) is 1. The van der Waals surface area contributed by atoms with E-state index in [1.165, 1.54) is 25.3 Å². The van der Waals surface area contributed by atoms with Crippen molar-refractivity contribution in [2.24, 2.45) is 0 Å². The molecule has 0 bridgehead atoms. The first-order chi connectivity index (χ1) is 13.0. The van der Waals surface area contributed by atoms with E-state index in [0.717, 1.165) is 57.8 Å². The van der Waals surface area contributed by atoms with Crippen LogP contribution in [-0.2, 0) is 9.53 Å². The largest absolute Gasteiger partial charge is 0.379 e. The van der Waals surface area contributed by atoms with Crippen molar-refractivity contribution >= 4 is 11.6 Å². The second-order valence-electron chi connectivity index (χ2n) is 7.61. The molecule has 1 aliphatic carbocycles. The zero-order chi connectivity index (χ0) is 19.3. The number of carbonyl (C=O) groups is 1. The fourth-order valence-electron chi connectivity index (χ4n) is 4.11. The van der Waals surface area contributed by atoms with Gasteiger partial charge in [0.25, 0.3) is 0 Å². The van der Waals surface area contributed by atoms with Crippen LogP contribution in [0.2, 0.25) is 0 Å². The number of rotatable bonds is 6. The summed E-state index contributed by atoms with van der Waals surface area (Å²) in [4.78, 5) is 15.0. The summed E-state index contributed by atoms with van der Waals surface area (Å²) in [6, 6.07) is 2.94. The van der Waals surface area contributed by atoms with Crippen molar-refractivity contribution in [1.29, 1.82) is 0 Å². The number of amides is 1. The molecule has 1 saturated carbocycles. The first-order valence-electron chi connectivity index (χ1n) is 9.82. The van der Waals surface area contributed by atoms with Gasteiger partial charge in [-0.05, 0) is 31.9 Å². The van der Waals surface area contributed by atoms with Crippen molar-refractivity contribution in [3.05, 3.63) is 29.8 Å². The summed E-state index contributed by atoms with van der Waals surface area (Å²) in [5.74, 6) is -2.15. The second-order valence-corrected chi connectivity index (χ2v) is 7.61. The number of hydrogen-bond donors (Lipinski definition) is 2. The van der Waals surface area contributed by atoms with E-state index in [-0.39, 0.29) is 17.1 Å². The Hall–Kier alpha value is -1.57. The number of nitrogens with one attached hydrogen (secondary N) is 2. The standard InChI is InChI=1S/C20H29F2N3O2/c1-15(19(26)24-16-5-6-17(21)18(22)13-16)23-14-20(7-3-2-4-8-20)25-9-11-27-12-10-25/h5-6,13,15,23H,2-4,7-12,14H2,1H3,(H,24,26). The van der Waals surface area contributed by atoms with Gasteiger partial charge < -0.3 is 15.4 Å². The predicted octanol–water partition coefficient (Wildman–Crippen LogP) is 2.92. The third-order valence-electron chi connectivity index (χ3n) is 5.78. The number of benzene rings is 1. The maximum Gasteiger partial charge on any atom is 0.241 e. The summed E-state index contributed by atoms with van der Waals surface area (Å²) in [6.07, 6.45) is 5.91. The van der Waals surface area contributed by atoms with Crippen LogP contribution in [0.3, 0.4) is 0 Å². The molecule has 3 rings (SSSR count). The SMILES string of the molecule is CC(NCC1(N2CCOCC2)CCCCC1)C(=O)Nc1ccc(F)c(F)c1. The Morgan fingerprint density at radius 3 is 2.56 bits per heavy atom. The summed E-state index contributed by atoms with van der Waals surface area (Å²) in [5, 5.41) is 6.02. The molecule has 5 nitrogen and oxygen atoms in total. The van der Waals surface area contributed by atoms with Crippen LogP contribution in [0.1, 0.15) is 39.0 Å². The van der Waals surface area contributed by atoms with E-state index in [2.05, 4.69) is 15.5 Å². The lowest BCUT2D eigenvalue weighted by molar-refractivity contribution is -0.118. The number of anilines is 1. The molecule has 150 valence electrons. The molecule has 2 N–H and O–H groups in total. The number of ether oxygens (including phenoxy) is 1. The fraction of sp³-hybridized carbons (Fsp3) is 0.650. The van der Waals surface area contributed by atoms with Crippen LogP contribution in [0.25, 0.3) is 0 Å².